The molecule has 30 heavy (non-hydrogen) atoms. The van der Waals surface area contributed by atoms with E-state index in [0.717, 1.165) is 7.11 Å². The summed E-state index contributed by atoms with van der Waals surface area (Å²) in [4.78, 5) is 52.7. The highest BCUT2D eigenvalue weighted by molar-refractivity contribution is 6.18. The van der Waals surface area contributed by atoms with Gasteiger partial charge in [0.15, 0.2) is 11.2 Å². The van der Waals surface area contributed by atoms with Crippen LogP contribution in [-0.4, -0.2) is 44.5 Å². The minimum Gasteiger partial charge on any atom is -0.468 e. The van der Waals surface area contributed by atoms with Gasteiger partial charge in [0, 0.05) is 24.1 Å². The van der Waals surface area contributed by atoms with Gasteiger partial charge in [0.05, 0.1) is 19.8 Å². The van der Waals surface area contributed by atoms with E-state index in [1.165, 1.54) is 12.0 Å². The zero-order chi connectivity index (χ0) is 21.6. The second-order valence-corrected chi connectivity index (χ2v) is 7.15. The maximum Gasteiger partial charge on any atom is 0.339 e. The Morgan fingerprint density at radius 1 is 1.17 bits per heavy atom. The molecule has 1 aromatic carbocycles. The largest absolute Gasteiger partial charge is 0.468 e. The molecule has 9 nitrogen and oxygen atoms in total. The maximum atomic E-state index is 13.4. The van der Waals surface area contributed by atoms with Crippen LogP contribution in [0.1, 0.15) is 24.8 Å². The zero-order valence-electron chi connectivity index (χ0n) is 16.5. The number of para-hydroxylation sites is 1. The lowest BCUT2D eigenvalue weighted by Crippen LogP contribution is -2.51. The summed E-state index contributed by atoms with van der Waals surface area (Å²) < 4.78 is 15.2. The quantitative estimate of drug-likeness (QED) is 0.567. The number of ether oxygens (including phenoxy) is 3. The van der Waals surface area contributed by atoms with Gasteiger partial charge in [-0.05, 0) is 12.5 Å². The highest BCUT2D eigenvalue weighted by Gasteiger charge is 2.63. The van der Waals surface area contributed by atoms with Crippen molar-refractivity contribution >= 4 is 29.4 Å². The number of methoxy groups -OCH3 is 2. The van der Waals surface area contributed by atoms with Gasteiger partial charge in [0.1, 0.15) is 23.7 Å². The Labute approximate surface area is 172 Å². The van der Waals surface area contributed by atoms with Gasteiger partial charge in [-0.1, -0.05) is 18.2 Å². The molecule has 2 N–H and O–H groups in total. The van der Waals surface area contributed by atoms with Crippen molar-refractivity contribution in [3.8, 4) is 0 Å². The number of allylic oxidation sites excluding steroid dienone is 1. The zero-order valence-corrected chi connectivity index (χ0v) is 16.5. The third-order valence-corrected chi connectivity index (χ3v) is 5.69. The summed E-state index contributed by atoms with van der Waals surface area (Å²) in [5.74, 6) is -2.48. The van der Waals surface area contributed by atoms with E-state index in [2.05, 4.69) is 0 Å². The van der Waals surface area contributed by atoms with Crippen LogP contribution in [0.25, 0.3) is 0 Å². The van der Waals surface area contributed by atoms with Crippen molar-refractivity contribution in [3.05, 3.63) is 52.6 Å². The summed E-state index contributed by atoms with van der Waals surface area (Å²) in [5, 5.41) is 0. The van der Waals surface area contributed by atoms with Crippen LogP contribution in [0.2, 0.25) is 0 Å². The van der Waals surface area contributed by atoms with E-state index in [-0.39, 0.29) is 41.5 Å². The van der Waals surface area contributed by atoms with Crippen LogP contribution in [0.15, 0.2) is 47.0 Å². The highest BCUT2D eigenvalue weighted by atomic mass is 16.5. The van der Waals surface area contributed by atoms with Gasteiger partial charge in [-0.3, -0.25) is 9.59 Å². The molecule has 3 aliphatic rings. The summed E-state index contributed by atoms with van der Waals surface area (Å²) >= 11 is 0. The lowest BCUT2D eigenvalue weighted by molar-refractivity contribution is -0.145. The first kappa shape index (κ1) is 19.7. The summed E-state index contributed by atoms with van der Waals surface area (Å²) in [6.45, 7) is -0.301. The van der Waals surface area contributed by atoms with Gasteiger partial charge < -0.3 is 24.8 Å². The smallest absolute Gasteiger partial charge is 0.339 e. The Balaban J connectivity index is 2.08. The van der Waals surface area contributed by atoms with Crippen molar-refractivity contribution in [1.82, 2.24) is 0 Å². The first-order valence-corrected chi connectivity index (χ1v) is 9.39. The average Bonchev–Trinajstić information content (AvgIpc) is 3.04. The number of rotatable bonds is 3. The predicted molar refractivity (Wildman–Crippen MR) is 103 cm³/mol. The number of nitrogens with two attached hydrogens (primary N) is 1. The van der Waals surface area contributed by atoms with E-state index in [1.807, 2.05) is 0 Å². The first-order valence-electron chi connectivity index (χ1n) is 9.39. The molecule has 0 saturated heterocycles. The molecule has 9 heteroatoms. The summed E-state index contributed by atoms with van der Waals surface area (Å²) in [7, 11) is 2.38. The minimum atomic E-state index is -1.84. The molecule has 0 amide bonds. The monoisotopic (exact) mass is 412 g/mol. The van der Waals surface area contributed by atoms with Gasteiger partial charge in [0.2, 0.25) is 0 Å². The molecular formula is C21H20N2O7. The Kier molecular flexibility index (Phi) is 4.60. The number of hydrogen-bond acceptors (Lipinski definition) is 9. The van der Waals surface area contributed by atoms with Gasteiger partial charge in [-0.2, -0.15) is 0 Å². The lowest BCUT2D eigenvalue weighted by Gasteiger charge is -2.41. The fourth-order valence-electron chi connectivity index (χ4n) is 4.44. The Morgan fingerprint density at radius 3 is 2.60 bits per heavy atom. The number of benzene rings is 1. The lowest BCUT2D eigenvalue weighted by atomic mass is 9.64. The second-order valence-electron chi connectivity index (χ2n) is 7.15. The third-order valence-electron chi connectivity index (χ3n) is 5.69. The molecule has 1 atom stereocenters. The minimum absolute atomic E-state index is 0.118. The summed E-state index contributed by atoms with van der Waals surface area (Å²) in [6, 6.07) is 6.64. The summed E-state index contributed by atoms with van der Waals surface area (Å²) in [5.41, 5.74) is 5.12. The van der Waals surface area contributed by atoms with Gasteiger partial charge >= 0.3 is 17.9 Å². The van der Waals surface area contributed by atoms with Crippen LogP contribution in [0.5, 0.6) is 0 Å². The Morgan fingerprint density at radius 2 is 1.90 bits per heavy atom. The molecule has 2 aliphatic heterocycles. The molecular weight excluding hydrogens is 392 g/mol. The van der Waals surface area contributed by atoms with Crippen molar-refractivity contribution in [1.29, 1.82) is 0 Å². The molecule has 1 aromatic rings. The molecule has 156 valence electrons. The molecule has 0 unspecified atom stereocenters. The van der Waals surface area contributed by atoms with Gasteiger partial charge in [-0.25, -0.2) is 9.59 Å². The first-order chi connectivity index (χ1) is 14.4. The van der Waals surface area contributed by atoms with Gasteiger partial charge in [-0.15, -0.1) is 0 Å². The number of Topliss-reactive ketones (excluding diaryl/α,β-unsaturated/α-hetero) is 1. The van der Waals surface area contributed by atoms with Crippen LogP contribution in [0.3, 0.4) is 0 Å². The van der Waals surface area contributed by atoms with E-state index in [4.69, 9.17) is 19.9 Å². The highest BCUT2D eigenvalue weighted by Crippen LogP contribution is 2.55. The molecule has 0 aromatic heterocycles. The molecule has 0 saturated carbocycles. The number of fused-ring (bicyclic) bond motifs is 3. The second kappa shape index (κ2) is 7.01. The molecule has 1 aliphatic carbocycles. The topological polar surface area (TPSA) is 125 Å². The Hall–Kier alpha value is -3.62. The number of hydrogen-bond donors (Lipinski definition) is 1. The fourth-order valence-corrected chi connectivity index (χ4v) is 4.44. The molecule has 0 fully saturated rings. The predicted octanol–water partition coefficient (Wildman–Crippen LogP) is 0.825. The number of nitrogens with zero attached hydrogens (tertiary/aromatic N) is 1. The van der Waals surface area contributed by atoms with Crippen molar-refractivity contribution in [2.24, 2.45) is 5.73 Å². The van der Waals surface area contributed by atoms with E-state index in [0.29, 0.717) is 24.1 Å². The molecule has 4 rings (SSSR count). The van der Waals surface area contributed by atoms with E-state index >= 15 is 0 Å². The number of ketones is 1. The Bertz CT molecular complexity index is 1060. The number of carbonyl (C=O) groups excluding carboxylic acids is 4. The number of esters is 3. The number of carbonyl (C=O) groups is 4. The van der Waals surface area contributed by atoms with Crippen LogP contribution in [0, 0.1) is 0 Å². The van der Waals surface area contributed by atoms with E-state index in [9.17, 15) is 19.2 Å². The van der Waals surface area contributed by atoms with Gasteiger partial charge in [0.25, 0.3) is 0 Å². The van der Waals surface area contributed by atoms with Crippen molar-refractivity contribution < 1.29 is 33.4 Å². The van der Waals surface area contributed by atoms with Crippen molar-refractivity contribution in [2.75, 3.05) is 25.7 Å². The average molecular weight is 412 g/mol. The van der Waals surface area contributed by atoms with E-state index in [1.54, 1.807) is 24.3 Å². The van der Waals surface area contributed by atoms with E-state index < -0.39 is 23.3 Å². The fraction of sp³-hybridized carbons (Fsp3) is 0.333. The van der Waals surface area contributed by atoms with Crippen LogP contribution in [0.4, 0.5) is 5.69 Å². The third kappa shape index (κ3) is 2.47. The molecule has 2 heterocycles. The maximum absolute atomic E-state index is 13.4. The normalized spacial score (nSPS) is 22.7. The van der Waals surface area contributed by atoms with Crippen LogP contribution < -0.4 is 10.6 Å². The number of anilines is 1. The molecule has 0 bridgehead atoms. The SMILES string of the molecule is COC(=O)CN1C(N)=C(C(=O)OC)[C@]2(C(=O)OC3=C2C(=O)CCC3)c2ccccc21. The van der Waals surface area contributed by atoms with Crippen molar-refractivity contribution in [3.63, 3.8) is 0 Å². The molecule has 1 spiro atoms. The van der Waals surface area contributed by atoms with Crippen LogP contribution >= 0.6 is 0 Å². The standard InChI is InChI=1S/C21H20N2O7/c1-28-15(25)10-23-12-7-4-3-6-11(12)21(17(18(23)22)19(26)29-2)16-13(24)8-5-9-14(16)30-20(21)27/h3-4,6-7H,5,8-10,22H2,1-2H3/t21-/m0/s1. The summed E-state index contributed by atoms with van der Waals surface area (Å²) in [6.07, 6.45) is 1.17. The van der Waals surface area contributed by atoms with Crippen LogP contribution in [-0.2, 0) is 38.8 Å². The molecule has 0 radical (unpaired) electrons. The van der Waals surface area contributed by atoms with Crippen molar-refractivity contribution in [2.45, 2.75) is 24.7 Å².